The Morgan fingerprint density at radius 2 is 2.00 bits per heavy atom. The van der Waals surface area contributed by atoms with Crippen LogP contribution in [-0.4, -0.2) is 49.2 Å². The van der Waals surface area contributed by atoms with Crippen molar-refractivity contribution in [3.05, 3.63) is 54.1 Å². The lowest BCUT2D eigenvalue weighted by molar-refractivity contribution is -0.145. The summed E-state index contributed by atoms with van der Waals surface area (Å²) in [6, 6.07) is 14.7. The molecule has 0 aliphatic carbocycles. The second-order valence-electron chi connectivity index (χ2n) is 7.60. The highest BCUT2D eigenvalue weighted by molar-refractivity contribution is 5.89. The van der Waals surface area contributed by atoms with Crippen LogP contribution in [0.15, 0.2) is 48.5 Å². The number of carbonyl (C=O) groups is 2. The molecule has 0 aromatic heterocycles. The van der Waals surface area contributed by atoms with Crippen molar-refractivity contribution in [3.63, 3.8) is 0 Å². The first-order valence-electron chi connectivity index (χ1n) is 10.3. The Morgan fingerprint density at radius 3 is 2.83 bits per heavy atom. The van der Waals surface area contributed by atoms with Gasteiger partial charge in [-0.3, -0.25) is 9.59 Å². The molecule has 2 aliphatic rings. The van der Waals surface area contributed by atoms with Crippen molar-refractivity contribution in [3.8, 4) is 17.2 Å². The quantitative estimate of drug-likeness (QED) is 0.759. The fraction of sp³-hybridized carbons (Fsp3) is 0.391. The van der Waals surface area contributed by atoms with E-state index in [1.807, 2.05) is 55.5 Å². The normalized spacial score (nSPS) is 18.6. The molecular formula is C23H26N2O5. The molecule has 2 aromatic rings. The molecule has 1 saturated heterocycles. The van der Waals surface area contributed by atoms with Gasteiger partial charge in [-0.05, 0) is 42.2 Å². The van der Waals surface area contributed by atoms with Gasteiger partial charge in [0.15, 0.2) is 11.5 Å². The minimum atomic E-state index is -0.506. The largest absolute Gasteiger partial charge is 0.493 e. The molecule has 2 amide bonds. The van der Waals surface area contributed by atoms with E-state index in [4.69, 9.17) is 14.2 Å². The van der Waals surface area contributed by atoms with Gasteiger partial charge in [0.05, 0.1) is 13.0 Å². The van der Waals surface area contributed by atoms with Crippen LogP contribution in [-0.2, 0) is 16.0 Å². The van der Waals surface area contributed by atoms with Crippen molar-refractivity contribution >= 4 is 11.8 Å². The van der Waals surface area contributed by atoms with Crippen LogP contribution in [0.25, 0.3) is 0 Å². The smallest absolute Gasteiger partial charge is 0.243 e. The van der Waals surface area contributed by atoms with Gasteiger partial charge in [-0.15, -0.1) is 0 Å². The molecule has 4 rings (SSSR count). The summed E-state index contributed by atoms with van der Waals surface area (Å²) in [5.41, 5.74) is 1.05. The van der Waals surface area contributed by atoms with Crippen molar-refractivity contribution in [1.82, 2.24) is 10.2 Å². The minimum Gasteiger partial charge on any atom is -0.493 e. The molecule has 0 spiro atoms. The first kappa shape index (κ1) is 20.1. The van der Waals surface area contributed by atoms with Gasteiger partial charge in [0.25, 0.3) is 0 Å². The molecule has 2 aromatic carbocycles. The second-order valence-corrected chi connectivity index (χ2v) is 7.60. The third kappa shape index (κ3) is 4.50. The maximum Gasteiger partial charge on any atom is 0.243 e. The zero-order chi connectivity index (χ0) is 20.9. The van der Waals surface area contributed by atoms with E-state index in [0.717, 1.165) is 22.8 Å². The highest BCUT2D eigenvalue weighted by Gasteiger charge is 2.36. The third-order valence-corrected chi connectivity index (χ3v) is 5.44. The molecule has 30 heavy (non-hydrogen) atoms. The molecule has 2 aliphatic heterocycles. The summed E-state index contributed by atoms with van der Waals surface area (Å²) in [6.07, 6.45) is 0.883. The van der Waals surface area contributed by atoms with Crippen LogP contribution in [0, 0.1) is 5.92 Å². The minimum absolute atomic E-state index is 0.0512. The number of fused-ring (bicyclic) bond motifs is 1. The van der Waals surface area contributed by atoms with Crippen molar-refractivity contribution in [2.75, 3.05) is 26.5 Å². The number of amides is 2. The van der Waals surface area contributed by atoms with E-state index in [2.05, 4.69) is 5.32 Å². The molecule has 7 nitrogen and oxygen atoms in total. The number of ether oxygens (including phenoxy) is 3. The Balaban J connectivity index is 1.39. The maximum absolute atomic E-state index is 12.9. The molecule has 7 heteroatoms. The molecule has 2 unspecified atom stereocenters. The van der Waals surface area contributed by atoms with Crippen LogP contribution in [0.1, 0.15) is 18.9 Å². The summed E-state index contributed by atoms with van der Waals surface area (Å²) in [6.45, 7) is 3.49. The Hall–Kier alpha value is -3.22. The summed E-state index contributed by atoms with van der Waals surface area (Å²) < 4.78 is 16.5. The van der Waals surface area contributed by atoms with Crippen LogP contribution in [0.3, 0.4) is 0 Å². The third-order valence-electron chi connectivity index (χ3n) is 5.44. The van der Waals surface area contributed by atoms with Gasteiger partial charge < -0.3 is 24.4 Å². The van der Waals surface area contributed by atoms with Gasteiger partial charge in [-0.1, -0.05) is 31.2 Å². The average molecular weight is 410 g/mol. The highest BCUT2D eigenvalue weighted by atomic mass is 16.7. The number of benzene rings is 2. The molecule has 1 fully saturated rings. The van der Waals surface area contributed by atoms with Gasteiger partial charge >= 0.3 is 0 Å². The van der Waals surface area contributed by atoms with Gasteiger partial charge in [0.2, 0.25) is 18.6 Å². The van der Waals surface area contributed by atoms with E-state index in [-0.39, 0.29) is 37.6 Å². The SMILES string of the molecule is CC(Cc1ccc2c(c1)OCO2)C1C(=O)NCCN1C(=O)CCOc1ccccc1. The van der Waals surface area contributed by atoms with E-state index >= 15 is 0 Å². The van der Waals surface area contributed by atoms with Crippen LogP contribution in [0.2, 0.25) is 0 Å². The lowest BCUT2D eigenvalue weighted by atomic mass is 9.90. The summed E-state index contributed by atoms with van der Waals surface area (Å²) in [4.78, 5) is 27.2. The zero-order valence-electron chi connectivity index (χ0n) is 17.0. The molecule has 2 atom stereocenters. The van der Waals surface area contributed by atoms with Crippen molar-refractivity contribution in [1.29, 1.82) is 0 Å². The maximum atomic E-state index is 12.9. The Labute approximate surface area is 175 Å². The predicted octanol–water partition coefficient (Wildman–Crippen LogP) is 2.39. The van der Waals surface area contributed by atoms with Crippen molar-refractivity contribution < 1.29 is 23.8 Å². The summed E-state index contributed by atoms with van der Waals surface area (Å²) in [5, 5.41) is 2.90. The first-order chi connectivity index (χ1) is 14.6. The van der Waals surface area contributed by atoms with Gasteiger partial charge in [-0.25, -0.2) is 0 Å². The van der Waals surface area contributed by atoms with Gasteiger partial charge in [0.1, 0.15) is 11.8 Å². The average Bonchev–Trinajstić information content (AvgIpc) is 3.22. The zero-order valence-corrected chi connectivity index (χ0v) is 17.0. The second kappa shape index (κ2) is 9.07. The number of nitrogens with zero attached hydrogens (tertiary/aromatic N) is 1. The van der Waals surface area contributed by atoms with Crippen LogP contribution in [0.5, 0.6) is 17.2 Å². The molecule has 158 valence electrons. The Kier molecular flexibility index (Phi) is 6.07. The number of hydrogen-bond acceptors (Lipinski definition) is 5. The summed E-state index contributed by atoms with van der Waals surface area (Å²) >= 11 is 0. The molecule has 0 radical (unpaired) electrons. The number of piperazine rings is 1. The predicted molar refractivity (Wildman–Crippen MR) is 110 cm³/mol. The van der Waals surface area contributed by atoms with E-state index < -0.39 is 6.04 Å². The number of hydrogen-bond donors (Lipinski definition) is 1. The fourth-order valence-corrected chi connectivity index (χ4v) is 4.00. The van der Waals surface area contributed by atoms with Crippen molar-refractivity contribution in [2.24, 2.45) is 5.92 Å². The molecule has 2 heterocycles. The molecule has 0 saturated carbocycles. The fourth-order valence-electron chi connectivity index (χ4n) is 4.00. The topological polar surface area (TPSA) is 77.1 Å². The lowest BCUT2D eigenvalue weighted by Crippen LogP contribution is -2.60. The summed E-state index contributed by atoms with van der Waals surface area (Å²) in [7, 11) is 0. The van der Waals surface area contributed by atoms with E-state index in [0.29, 0.717) is 19.5 Å². The Bertz CT molecular complexity index is 902. The highest BCUT2D eigenvalue weighted by Crippen LogP contribution is 2.33. The Morgan fingerprint density at radius 1 is 1.20 bits per heavy atom. The van der Waals surface area contributed by atoms with E-state index in [1.165, 1.54) is 0 Å². The number of nitrogens with one attached hydrogen (secondary N) is 1. The van der Waals surface area contributed by atoms with E-state index in [1.54, 1.807) is 4.90 Å². The van der Waals surface area contributed by atoms with Crippen LogP contribution < -0.4 is 19.5 Å². The number of carbonyl (C=O) groups excluding carboxylic acids is 2. The molecule has 1 N–H and O–H groups in total. The molecule has 0 bridgehead atoms. The van der Waals surface area contributed by atoms with Gasteiger partial charge in [0, 0.05) is 13.1 Å². The van der Waals surface area contributed by atoms with Crippen LogP contribution >= 0.6 is 0 Å². The van der Waals surface area contributed by atoms with Gasteiger partial charge in [-0.2, -0.15) is 0 Å². The first-order valence-corrected chi connectivity index (χ1v) is 10.3. The number of rotatable bonds is 7. The van der Waals surface area contributed by atoms with Crippen molar-refractivity contribution in [2.45, 2.75) is 25.8 Å². The lowest BCUT2D eigenvalue weighted by Gasteiger charge is -2.38. The monoisotopic (exact) mass is 410 g/mol. The summed E-state index contributed by atoms with van der Waals surface area (Å²) in [5.74, 6) is 1.96. The van der Waals surface area contributed by atoms with E-state index in [9.17, 15) is 9.59 Å². The number of para-hydroxylation sites is 1. The standard InChI is InChI=1S/C23H26N2O5/c1-16(13-17-7-8-19-20(14-17)30-15-29-19)22-23(27)24-10-11-25(22)21(26)9-12-28-18-5-3-2-4-6-18/h2-8,14,16,22H,9-13,15H2,1H3,(H,24,27). The molecular weight excluding hydrogens is 384 g/mol. The van der Waals surface area contributed by atoms with Crippen LogP contribution in [0.4, 0.5) is 0 Å².